The van der Waals surface area contributed by atoms with Crippen LogP contribution in [0, 0.1) is 0 Å². The Morgan fingerprint density at radius 3 is 2.55 bits per heavy atom. The molecule has 1 aliphatic rings. The predicted molar refractivity (Wildman–Crippen MR) is 113 cm³/mol. The Balaban J connectivity index is 1.72. The van der Waals surface area contributed by atoms with E-state index in [4.69, 9.17) is 0 Å². The molecule has 172 valence electrons. The van der Waals surface area contributed by atoms with Crippen molar-refractivity contribution in [3.05, 3.63) is 65.9 Å². The van der Waals surface area contributed by atoms with Crippen molar-refractivity contribution in [1.82, 2.24) is 25.1 Å². The number of amides is 2. The van der Waals surface area contributed by atoms with Gasteiger partial charge in [-0.1, -0.05) is 25.1 Å². The summed E-state index contributed by atoms with van der Waals surface area (Å²) in [6.45, 7) is 5.38. The number of rotatable bonds is 4. The largest absolute Gasteiger partial charge is 0.433 e. The second kappa shape index (κ2) is 7.98. The van der Waals surface area contributed by atoms with Crippen molar-refractivity contribution in [2.45, 2.75) is 38.4 Å². The van der Waals surface area contributed by atoms with Crippen LogP contribution >= 0.6 is 0 Å². The molecule has 3 heterocycles. The quantitative estimate of drug-likeness (QED) is 0.647. The molecule has 1 N–H and O–H groups in total. The van der Waals surface area contributed by atoms with Gasteiger partial charge in [-0.25, -0.2) is 14.6 Å². The Bertz CT molecular complexity index is 1210. The second-order valence-corrected chi connectivity index (χ2v) is 7.86. The van der Waals surface area contributed by atoms with Crippen molar-refractivity contribution in [2.75, 3.05) is 11.4 Å². The number of fused-ring (bicyclic) bond motifs is 1. The van der Waals surface area contributed by atoms with Crippen molar-refractivity contribution < 1.29 is 22.8 Å². The van der Waals surface area contributed by atoms with Crippen LogP contribution in [-0.4, -0.2) is 43.6 Å². The zero-order valence-corrected chi connectivity index (χ0v) is 18.1. The van der Waals surface area contributed by atoms with Gasteiger partial charge in [0.05, 0.1) is 11.9 Å². The number of nitrogens with one attached hydrogen (secondary N) is 1. The van der Waals surface area contributed by atoms with Crippen LogP contribution in [0.2, 0.25) is 0 Å². The SMILES string of the molecule is CCN1C(=O)C(C)(NC(=O)c2nccc(C(F)(F)F)n2)C(C)c2cnn(-c3ccccc3)c21. The van der Waals surface area contributed by atoms with Crippen LogP contribution in [0.25, 0.3) is 5.69 Å². The van der Waals surface area contributed by atoms with E-state index < -0.39 is 41.0 Å². The average Bonchev–Trinajstić information content (AvgIpc) is 3.23. The standard InChI is InChI=1S/C22H21F3N6O2/c1-4-30-19-15(12-27-31(19)14-8-6-5-7-9-14)13(2)21(3,20(30)33)29-18(32)17-26-11-10-16(28-17)22(23,24)25/h5-13H,4H2,1-3H3,(H,29,32). The zero-order valence-electron chi connectivity index (χ0n) is 18.1. The highest BCUT2D eigenvalue weighted by atomic mass is 19.4. The maximum absolute atomic E-state index is 13.6. The summed E-state index contributed by atoms with van der Waals surface area (Å²) in [7, 11) is 0. The molecule has 2 unspecified atom stereocenters. The Morgan fingerprint density at radius 2 is 1.91 bits per heavy atom. The third-order valence-electron chi connectivity index (χ3n) is 5.89. The van der Waals surface area contributed by atoms with Crippen LogP contribution < -0.4 is 10.2 Å². The van der Waals surface area contributed by atoms with Gasteiger partial charge in [0.2, 0.25) is 5.82 Å². The number of alkyl halides is 3. The van der Waals surface area contributed by atoms with E-state index in [9.17, 15) is 22.8 Å². The van der Waals surface area contributed by atoms with Gasteiger partial charge in [-0.05, 0) is 32.0 Å². The van der Waals surface area contributed by atoms with Crippen LogP contribution in [0.5, 0.6) is 0 Å². The van der Waals surface area contributed by atoms with Gasteiger partial charge in [0, 0.05) is 24.2 Å². The Kier molecular flexibility index (Phi) is 5.43. The highest BCUT2D eigenvalue weighted by Crippen LogP contribution is 2.42. The fraction of sp³-hybridized carbons (Fsp3) is 0.318. The van der Waals surface area contributed by atoms with Gasteiger partial charge in [0.25, 0.3) is 11.8 Å². The maximum Gasteiger partial charge on any atom is 0.433 e. The van der Waals surface area contributed by atoms with Crippen molar-refractivity contribution in [2.24, 2.45) is 0 Å². The Morgan fingerprint density at radius 1 is 1.21 bits per heavy atom. The first-order valence-corrected chi connectivity index (χ1v) is 10.3. The summed E-state index contributed by atoms with van der Waals surface area (Å²) < 4.78 is 40.7. The molecule has 3 aromatic rings. The fourth-order valence-electron chi connectivity index (χ4n) is 3.93. The average molecular weight is 458 g/mol. The number of benzene rings is 1. The number of carbonyl (C=O) groups is 2. The van der Waals surface area contributed by atoms with E-state index in [1.54, 1.807) is 24.7 Å². The summed E-state index contributed by atoms with van der Waals surface area (Å²) >= 11 is 0. The molecular weight excluding hydrogens is 437 g/mol. The van der Waals surface area contributed by atoms with Crippen molar-refractivity contribution >= 4 is 17.6 Å². The third-order valence-corrected chi connectivity index (χ3v) is 5.89. The summed E-state index contributed by atoms with van der Waals surface area (Å²) in [5, 5.41) is 7.04. The first-order valence-electron chi connectivity index (χ1n) is 10.3. The van der Waals surface area contributed by atoms with E-state index in [0.29, 0.717) is 24.0 Å². The van der Waals surface area contributed by atoms with Gasteiger partial charge >= 0.3 is 6.18 Å². The minimum Gasteiger partial charge on any atom is -0.335 e. The highest BCUT2D eigenvalue weighted by molar-refractivity contribution is 6.06. The van der Waals surface area contributed by atoms with E-state index in [0.717, 1.165) is 11.9 Å². The van der Waals surface area contributed by atoms with Crippen LogP contribution in [0.15, 0.2) is 48.8 Å². The van der Waals surface area contributed by atoms with Crippen LogP contribution in [0.4, 0.5) is 19.0 Å². The molecule has 2 amide bonds. The fourth-order valence-corrected chi connectivity index (χ4v) is 3.93. The molecule has 0 aliphatic carbocycles. The van der Waals surface area contributed by atoms with Gasteiger partial charge < -0.3 is 5.32 Å². The number of hydrogen-bond acceptors (Lipinski definition) is 5. The summed E-state index contributed by atoms with van der Waals surface area (Å²) in [6.07, 6.45) is -2.23. The Hall–Kier alpha value is -3.76. The predicted octanol–water partition coefficient (Wildman–Crippen LogP) is 3.34. The molecule has 0 saturated heterocycles. The van der Waals surface area contributed by atoms with E-state index in [2.05, 4.69) is 20.4 Å². The Labute approximate surface area is 187 Å². The summed E-state index contributed by atoms with van der Waals surface area (Å²) in [6, 6.07) is 9.97. The van der Waals surface area contributed by atoms with Crippen LogP contribution in [0.3, 0.4) is 0 Å². The van der Waals surface area contributed by atoms with E-state index >= 15 is 0 Å². The molecule has 11 heteroatoms. The highest BCUT2D eigenvalue weighted by Gasteiger charge is 2.50. The summed E-state index contributed by atoms with van der Waals surface area (Å²) in [5.41, 5.74) is -1.21. The van der Waals surface area contributed by atoms with Gasteiger partial charge in [-0.3, -0.25) is 14.5 Å². The number of para-hydroxylation sites is 1. The van der Waals surface area contributed by atoms with Gasteiger partial charge in [0.1, 0.15) is 17.1 Å². The molecule has 0 spiro atoms. The van der Waals surface area contributed by atoms with E-state index in [-0.39, 0.29) is 0 Å². The second-order valence-electron chi connectivity index (χ2n) is 7.86. The number of aromatic nitrogens is 4. The first kappa shape index (κ1) is 22.4. The van der Waals surface area contributed by atoms with Crippen molar-refractivity contribution in [1.29, 1.82) is 0 Å². The molecule has 0 fully saturated rings. The van der Waals surface area contributed by atoms with Crippen molar-refractivity contribution in [3.63, 3.8) is 0 Å². The molecule has 2 atom stereocenters. The third kappa shape index (κ3) is 3.73. The number of hydrogen-bond donors (Lipinski definition) is 1. The topological polar surface area (TPSA) is 93.0 Å². The van der Waals surface area contributed by atoms with Gasteiger partial charge in [-0.15, -0.1) is 0 Å². The molecule has 1 aromatic carbocycles. The van der Waals surface area contributed by atoms with Crippen LogP contribution in [0.1, 0.15) is 48.6 Å². The monoisotopic (exact) mass is 458 g/mol. The summed E-state index contributed by atoms with van der Waals surface area (Å²) in [5.74, 6) is -2.00. The number of carbonyl (C=O) groups excluding carboxylic acids is 2. The van der Waals surface area contributed by atoms with E-state index in [1.807, 2.05) is 30.3 Å². The maximum atomic E-state index is 13.6. The first-order chi connectivity index (χ1) is 15.6. The molecule has 8 nitrogen and oxygen atoms in total. The summed E-state index contributed by atoms with van der Waals surface area (Å²) in [4.78, 5) is 34.9. The van der Waals surface area contributed by atoms with Gasteiger partial charge in [0.15, 0.2) is 0 Å². The lowest BCUT2D eigenvalue weighted by atomic mass is 9.78. The molecule has 33 heavy (non-hydrogen) atoms. The number of halogens is 3. The molecule has 0 bridgehead atoms. The minimum atomic E-state index is -4.73. The van der Waals surface area contributed by atoms with E-state index in [1.165, 1.54) is 11.8 Å². The minimum absolute atomic E-state index is 0.294. The zero-order chi connectivity index (χ0) is 24.0. The number of nitrogens with zero attached hydrogens (tertiary/aromatic N) is 5. The molecule has 1 aliphatic heterocycles. The molecule has 0 radical (unpaired) electrons. The lowest BCUT2D eigenvalue weighted by Gasteiger charge is -2.43. The molecule has 4 rings (SSSR count). The molecule has 0 saturated carbocycles. The molecule has 2 aromatic heterocycles. The molecular formula is C22H21F3N6O2. The van der Waals surface area contributed by atoms with Gasteiger partial charge in [-0.2, -0.15) is 18.3 Å². The van der Waals surface area contributed by atoms with Crippen LogP contribution in [-0.2, 0) is 11.0 Å². The lowest BCUT2D eigenvalue weighted by Crippen LogP contribution is -2.63. The number of anilines is 1. The number of likely N-dealkylation sites (N-methyl/N-ethyl adjacent to an activating group) is 1. The smallest absolute Gasteiger partial charge is 0.335 e. The normalized spacial score (nSPS) is 20.5. The van der Waals surface area contributed by atoms with Crippen molar-refractivity contribution in [3.8, 4) is 5.69 Å². The lowest BCUT2D eigenvalue weighted by molar-refractivity contribution is -0.141.